The van der Waals surface area contributed by atoms with E-state index in [-0.39, 0.29) is 0 Å². The molecule has 0 bridgehead atoms. The molecule has 2 heterocycles. The van der Waals surface area contributed by atoms with Crippen molar-refractivity contribution in [2.24, 2.45) is 4.99 Å². The predicted molar refractivity (Wildman–Crippen MR) is 56.2 cm³/mol. The Morgan fingerprint density at radius 1 is 1.31 bits per heavy atom. The van der Waals surface area contributed by atoms with Gasteiger partial charge in [0.05, 0.1) is 10.7 Å². The zero-order valence-electron chi connectivity index (χ0n) is 6.97. The minimum atomic E-state index is 0.760. The third-order valence-corrected chi connectivity index (χ3v) is 3.31. The van der Waals surface area contributed by atoms with Crippen molar-refractivity contribution in [2.45, 2.75) is 4.90 Å². The molecule has 0 N–H and O–H groups in total. The highest BCUT2D eigenvalue weighted by Gasteiger charge is 2.24. The second-order valence-corrected chi connectivity index (χ2v) is 4.04. The Bertz CT molecular complexity index is 409. The third-order valence-electron chi connectivity index (χ3n) is 2.18. The van der Waals surface area contributed by atoms with Crippen LogP contribution in [0.2, 0.25) is 0 Å². The minimum absolute atomic E-state index is 0.760. The van der Waals surface area contributed by atoms with Gasteiger partial charge in [0.25, 0.3) is 0 Å². The van der Waals surface area contributed by atoms with Crippen LogP contribution in [0.5, 0.6) is 0 Å². The largest absolute Gasteiger partial charge is 0.315 e. The van der Waals surface area contributed by atoms with Gasteiger partial charge in [-0.1, -0.05) is 23.9 Å². The van der Waals surface area contributed by atoms with Gasteiger partial charge in [-0.2, -0.15) is 0 Å². The van der Waals surface area contributed by atoms with Crippen molar-refractivity contribution in [3.8, 4) is 0 Å². The lowest BCUT2D eigenvalue weighted by molar-refractivity contribution is 0.959. The number of benzene rings is 1. The van der Waals surface area contributed by atoms with Crippen molar-refractivity contribution in [3.05, 3.63) is 35.4 Å². The standard InChI is InChI=1S/C10H8N2S/c1-2-4-9-8(3-1)12-7-11-6-5-10(12)13-9/h1-6H,7H2. The number of thioether (sulfide) groups is 1. The molecular formula is C10H8N2S. The highest BCUT2D eigenvalue weighted by Crippen LogP contribution is 2.45. The molecule has 2 aliphatic heterocycles. The smallest absolute Gasteiger partial charge is 0.115 e. The van der Waals surface area contributed by atoms with Gasteiger partial charge >= 0.3 is 0 Å². The number of hydrogen-bond donors (Lipinski definition) is 0. The molecule has 0 unspecified atom stereocenters. The van der Waals surface area contributed by atoms with Gasteiger partial charge in [-0.3, -0.25) is 4.99 Å². The van der Waals surface area contributed by atoms with Crippen LogP contribution in [-0.2, 0) is 0 Å². The molecule has 0 radical (unpaired) electrons. The van der Waals surface area contributed by atoms with E-state index in [9.17, 15) is 0 Å². The Morgan fingerprint density at radius 2 is 2.23 bits per heavy atom. The summed E-state index contributed by atoms with van der Waals surface area (Å²) in [6.07, 6.45) is 3.94. The Morgan fingerprint density at radius 3 is 3.23 bits per heavy atom. The molecule has 0 saturated heterocycles. The molecule has 0 fully saturated rings. The Hall–Kier alpha value is -1.22. The molecule has 3 heteroatoms. The summed E-state index contributed by atoms with van der Waals surface area (Å²) in [5.74, 6) is 0. The van der Waals surface area contributed by atoms with Gasteiger partial charge < -0.3 is 4.90 Å². The van der Waals surface area contributed by atoms with E-state index in [2.05, 4.69) is 40.2 Å². The van der Waals surface area contributed by atoms with E-state index in [1.807, 2.05) is 18.0 Å². The lowest BCUT2D eigenvalue weighted by Gasteiger charge is -2.19. The van der Waals surface area contributed by atoms with Crippen LogP contribution in [-0.4, -0.2) is 12.9 Å². The predicted octanol–water partition coefficient (Wildman–Crippen LogP) is 2.48. The first-order valence-corrected chi connectivity index (χ1v) is 5.01. The second-order valence-electron chi connectivity index (χ2n) is 2.98. The number of para-hydroxylation sites is 1. The van der Waals surface area contributed by atoms with Crippen LogP contribution < -0.4 is 4.90 Å². The molecule has 0 saturated carbocycles. The van der Waals surface area contributed by atoms with Gasteiger partial charge in [0.2, 0.25) is 0 Å². The summed E-state index contributed by atoms with van der Waals surface area (Å²) in [6, 6.07) is 8.44. The van der Waals surface area contributed by atoms with Crippen LogP contribution in [0.1, 0.15) is 0 Å². The van der Waals surface area contributed by atoms with Crippen LogP contribution in [0.3, 0.4) is 0 Å². The Kier molecular flexibility index (Phi) is 1.46. The quantitative estimate of drug-likeness (QED) is 0.621. The third kappa shape index (κ3) is 1.00. The maximum absolute atomic E-state index is 4.23. The molecule has 3 rings (SSSR count). The van der Waals surface area contributed by atoms with Crippen LogP contribution in [0.25, 0.3) is 0 Å². The average molecular weight is 188 g/mol. The van der Waals surface area contributed by atoms with Gasteiger partial charge in [-0.05, 0) is 18.2 Å². The zero-order valence-corrected chi connectivity index (χ0v) is 7.79. The monoisotopic (exact) mass is 188 g/mol. The molecule has 64 valence electrons. The number of nitrogens with zero attached hydrogens (tertiary/aromatic N) is 2. The fourth-order valence-corrected chi connectivity index (χ4v) is 2.62. The first-order valence-electron chi connectivity index (χ1n) is 4.20. The lowest BCUT2D eigenvalue weighted by atomic mass is 10.3. The SMILES string of the molecule is C1=NCN2C(=C1)Sc1ccccc12. The minimum Gasteiger partial charge on any atom is -0.315 e. The first kappa shape index (κ1) is 7.21. The number of aliphatic imine (C=N–C) groups is 1. The average Bonchev–Trinajstić information content (AvgIpc) is 2.56. The highest BCUT2D eigenvalue weighted by molar-refractivity contribution is 8.03. The van der Waals surface area contributed by atoms with Gasteiger partial charge in [-0.25, -0.2) is 0 Å². The number of fused-ring (bicyclic) bond motifs is 3. The molecule has 0 aromatic heterocycles. The molecule has 0 spiro atoms. The van der Waals surface area contributed by atoms with Crippen molar-refractivity contribution in [2.75, 3.05) is 11.6 Å². The van der Waals surface area contributed by atoms with Crippen molar-refractivity contribution in [1.82, 2.24) is 0 Å². The van der Waals surface area contributed by atoms with E-state index in [1.165, 1.54) is 15.6 Å². The zero-order chi connectivity index (χ0) is 8.67. The summed E-state index contributed by atoms with van der Waals surface area (Å²) in [5, 5.41) is 1.29. The van der Waals surface area contributed by atoms with Crippen molar-refractivity contribution in [3.63, 3.8) is 0 Å². The molecule has 0 amide bonds. The molecule has 1 aromatic carbocycles. The van der Waals surface area contributed by atoms with E-state index < -0.39 is 0 Å². The van der Waals surface area contributed by atoms with Crippen LogP contribution in [0.15, 0.2) is 45.3 Å². The molecule has 1 aromatic rings. The number of allylic oxidation sites excluding steroid dienone is 1. The highest BCUT2D eigenvalue weighted by atomic mass is 32.2. The summed E-state index contributed by atoms with van der Waals surface area (Å²) in [7, 11) is 0. The van der Waals surface area contributed by atoms with Crippen LogP contribution in [0.4, 0.5) is 5.69 Å². The van der Waals surface area contributed by atoms with E-state index in [0.717, 1.165) is 6.67 Å². The molecule has 2 nitrogen and oxygen atoms in total. The van der Waals surface area contributed by atoms with E-state index in [1.54, 1.807) is 0 Å². The normalized spacial score (nSPS) is 18.2. The fourth-order valence-electron chi connectivity index (χ4n) is 1.57. The Labute approximate surface area is 81.0 Å². The number of rotatable bonds is 0. The van der Waals surface area contributed by atoms with E-state index >= 15 is 0 Å². The van der Waals surface area contributed by atoms with Crippen LogP contribution in [0, 0.1) is 0 Å². The second kappa shape index (κ2) is 2.64. The maximum Gasteiger partial charge on any atom is 0.115 e. The summed E-state index contributed by atoms with van der Waals surface area (Å²) in [6.45, 7) is 0.760. The number of hydrogen-bond acceptors (Lipinski definition) is 3. The summed E-state index contributed by atoms with van der Waals surface area (Å²) in [4.78, 5) is 7.80. The van der Waals surface area contributed by atoms with Gasteiger partial charge in [0.15, 0.2) is 0 Å². The van der Waals surface area contributed by atoms with Gasteiger partial charge in [0.1, 0.15) is 6.67 Å². The Balaban J connectivity index is 2.14. The van der Waals surface area contributed by atoms with Crippen molar-refractivity contribution < 1.29 is 0 Å². The fraction of sp³-hybridized carbons (Fsp3) is 0.100. The lowest BCUT2D eigenvalue weighted by Crippen LogP contribution is -2.19. The van der Waals surface area contributed by atoms with Gasteiger partial charge in [-0.15, -0.1) is 0 Å². The van der Waals surface area contributed by atoms with E-state index in [4.69, 9.17) is 0 Å². The van der Waals surface area contributed by atoms with Crippen LogP contribution >= 0.6 is 11.8 Å². The molecule has 2 aliphatic rings. The molecule has 0 atom stereocenters. The summed E-state index contributed by atoms with van der Waals surface area (Å²) >= 11 is 1.82. The summed E-state index contributed by atoms with van der Waals surface area (Å²) < 4.78 is 0. The number of anilines is 1. The molecule has 13 heavy (non-hydrogen) atoms. The van der Waals surface area contributed by atoms with Crippen molar-refractivity contribution in [1.29, 1.82) is 0 Å². The van der Waals surface area contributed by atoms with E-state index in [0.29, 0.717) is 0 Å². The van der Waals surface area contributed by atoms with Gasteiger partial charge in [0, 0.05) is 11.1 Å². The molecule has 0 aliphatic carbocycles. The maximum atomic E-state index is 4.23. The first-order chi connectivity index (χ1) is 6.45. The summed E-state index contributed by atoms with van der Waals surface area (Å²) in [5.41, 5.74) is 1.29. The van der Waals surface area contributed by atoms with Crippen molar-refractivity contribution >= 4 is 23.7 Å². The topological polar surface area (TPSA) is 15.6 Å². The molecular weight excluding hydrogens is 180 g/mol.